The van der Waals surface area contributed by atoms with E-state index in [0.29, 0.717) is 36.1 Å². The van der Waals surface area contributed by atoms with Crippen LogP contribution in [-0.2, 0) is 6.54 Å². The summed E-state index contributed by atoms with van der Waals surface area (Å²) in [5.74, 6) is 0.121. The third-order valence-electron chi connectivity index (χ3n) is 4.12. The molecule has 2 N–H and O–H groups in total. The monoisotopic (exact) mass is 350 g/mol. The van der Waals surface area contributed by atoms with Gasteiger partial charge in [0, 0.05) is 31.1 Å². The molecule has 0 radical (unpaired) electrons. The van der Waals surface area contributed by atoms with Gasteiger partial charge < -0.3 is 10.6 Å². The van der Waals surface area contributed by atoms with Crippen molar-refractivity contribution in [3.05, 3.63) is 40.3 Å². The minimum atomic E-state index is -0.149. The van der Waals surface area contributed by atoms with Crippen molar-refractivity contribution in [2.24, 2.45) is 11.7 Å². The molecule has 1 atom stereocenters. The van der Waals surface area contributed by atoms with Crippen molar-refractivity contribution in [2.75, 3.05) is 13.1 Å². The molecule has 2 heterocycles. The maximum atomic E-state index is 12.8. The Kier molecular flexibility index (Phi) is 5.62. The molecule has 1 aromatic heterocycles. The van der Waals surface area contributed by atoms with Crippen LogP contribution in [-0.4, -0.2) is 39.7 Å². The van der Waals surface area contributed by atoms with Crippen LogP contribution >= 0.6 is 12.4 Å². The van der Waals surface area contributed by atoms with Gasteiger partial charge in [0.2, 0.25) is 0 Å². The van der Waals surface area contributed by atoms with E-state index in [1.165, 1.54) is 4.68 Å². The molecule has 0 saturated carbocycles. The second-order valence-electron chi connectivity index (χ2n) is 6.58. The molecule has 2 aromatic rings. The molecule has 130 valence electrons. The Morgan fingerprint density at radius 3 is 2.58 bits per heavy atom. The summed E-state index contributed by atoms with van der Waals surface area (Å²) >= 11 is 0. The lowest BCUT2D eigenvalue weighted by Crippen LogP contribution is -2.35. The van der Waals surface area contributed by atoms with Crippen LogP contribution in [0.2, 0.25) is 0 Å². The van der Waals surface area contributed by atoms with Crippen LogP contribution in [0.15, 0.2) is 29.1 Å². The van der Waals surface area contributed by atoms with Crippen molar-refractivity contribution in [1.82, 2.24) is 14.7 Å². The molecule has 0 spiro atoms. The van der Waals surface area contributed by atoms with Gasteiger partial charge >= 0.3 is 0 Å². The number of carbonyl (C=O) groups excluding carboxylic acids is 1. The number of amides is 1. The molecule has 3 rings (SSSR count). The number of carbonyl (C=O) groups is 1. The first-order valence-corrected chi connectivity index (χ1v) is 8.02. The summed E-state index contributed by atoms with van der Waals surface area (Å²) < 4.78 is 1.41. The van der Waals surface area contributed by atoms with E-state index in [1.54, 1.807) is 17.0 Å². The summed E-state index contributed by atoms with van der Waals surface area (Å²) in [7, 11) is 0. The number of hydrogen-bond donors (Lipinski definition) is 1. The largest absolute Gasteiger partial charge is 0.336 e. The van der Waals surface area contributed by atoms with Gasteiger partial charge in [0.25, 0.3) is 11.5 Å². The van der Waals surface area contributed by atoms with E-state index in [4.69, 9.17) is 5.73 Å². The molecule has 1 aliphatic rings. The summed E-state index contributed by atoms with van der Waals surface area (Å²) in [5, 5.41) is 5.53. The van der Waals surface area contributed by atoms with Gasteiger partial charge in [-0.15, -0.1) is 12.4 Å². The second-order valence-corrected chi connectivity index (χ2v) is 6.58. The highest BCUT2D eigenvalue weighted by molar-refractivity contribution is 6.04. The van der Waals surface area contributed by atoms with Crippen molar-refractivity contribution in [2.45, 2.75) is 32.9 Å². The third-order valence-corrected chi connectivity index (χ3v) is 4.12. The molecular weight excluding hydrogens is 328 g/mol. The molecule has 1 aromatic carbocycles. The Hall–Kier alpha value is -1.92. The van der Waals surface area contributed by atoms with E-state index < -0.39 is 0 Å². The number of aromatic nitrogens is 2. The Morgan fingerprint density at radius 2 is 2.00 bits per heavy atom. The van der Waals surface area contributed by atoms with Gasteiger partial charge in [-0.1, -0.05) is 32.0 Å². The van der Waals surface area contributed by atoms with Crippen molar-refractivity contribution in [3.8, 4) is 0 Å². The third kappa shape index (κ3) is 3.44. The molecule has 0 bridgehead atoms. The first kappa shape index (κ1) is 18.4. The zero-order valence-corrected chi connectivity index (χ0v) is 14.8. The summed E-state index contributed by atoms with van der Waals surface area (Å²) in [5.41, 5.74) is 6.10. The quantitative estimate of drug-likeness (QED) is 0.912. The Labute approximate surface area is 147 Å². The van der Waals surface area contributed by atoms with Gasteiger partial charge in [0.15, 0.2) is 5.69 Å². The Bertz CT molecular complexity index is 803. The molecule has 1 amide bonds. The van der Waals surface area contributed by atoms with Gasteiger partial charge in [-0.2, -0.15) is 5.10 Å². The fourth-order valence-electron chi connectivity index (χ4n) is 2.98. The van der Waals surface area contributed by atoms with E-state index in [-0.39, 0.29) is 35.8 Å². The topological polar surface area (TPSA) is 81.2 Å². The van der Waals surface area contributed by atoms with Crippen LogP contribution < -0.4 is 11.3 Å². The zero-order chi connectivity index (χ0) is 16.6. The van der Waals surface area contributed by atoms with E-state index in [1.807, 2.05) is 26.0 Å². The first-order chi connectivity index (χ1) is 11.0. The van der Waals surface area contributed by atoms with Gasteiger partial charge in [-0.25, -0.2) is 4.68 Å². The molecule has 1 aliphatic heterocycles. The maximum Gasteiger partial charge on any atom is 0.275 e. The van der Waals surface area contributed by atoms with Crippen molar-refractivity contribution < 1.29 is 4.79 Å². The lowest BCUT2D eigenvalue weighted by Gasteiger charge is -2.18. The predicted molar refractivity (Wildman–Crippen MR) is 96.6 cm³/mol. The average Bonchev–Trinajstić information content (AvgIpc) is 2.95. The molecular formula is C17H23ClN4O2. The Morgan fingerprint density at radius 1 is 1.33 bits per heavy atom. The number of likely N-dealkylation sites (tertiary alicyclic amines) is 1. The van der Waals surface area contributed by atoms with Crippen molar-refractivity contribution >= 4 is 29.1 Å². The molecule has 1 fully saturated rings. The minimum absolute atomic E-state index is 0. The van der Waals surface area contributed by atoms with Gasteiger partial charge in [-0.3, -0.25) is 9.59 Å². The van der Waals surface area contributed by atoms with Crippen LogP contribution in [0.25, 0.3) is 10.8 Å². The van der Waals surface area contributed by atoms with Crippen LogP contribution in [0.3, 0.4) is 0 Å². The lowest BCUT2D eigenvalue weighted by atomic mass is 10.1. The number of fused-ring (bicyclic) bond motifs is 1. The van der Waals surface area contributed by atoms with Crippen molar-refractivity contribution in [3.63, 3.8) is 0 Å². The molecule has 6 nitrogen and oxygen atoms in total. The normalized spacial score (nSPS) is 17.3. The summed E-state index contributed by atoms with van der Waals surface area (Å²) in [6.07, 6.45) is 0.801. The van der Waals surface area contributed by atoms with Gasteiger partial charge in [0.05, 0.1) is 5.39 Å². The van der Waals surface area contributed by atoms with Crippen LogP contribution in [0.5, 0.6) is 0 Å². The van der Waals surface area contributed by atoms with Gasteiger partial charge in [0.1, 0.15) is 0 Å². The van der Waals surface area contributed by atoms with E-state index in [0.717, 1.165) is 6.42 Å². The highest BCUT2D eigenvalue weighted by Crippen LogP contribution is 2.18. The number of benzene rings is 1. The first-order valence-electron chi connectivity index (χ1n) is 8.02. The lowest BCUT2D eigenvalue weighted by molar-refractivity contribution is 0.0784. The highest BCUT2D eigenvalue weighted by atomic mass is 35.5. The summed E-state index contributed by atoms with van der Waals surface area (Å²) in [6.45, 7) is 5.70. The van der Waals surface area contributed by atoms with E-state index >= 15 is 0 Å². The fraction of sp³-hybridized carbons (Fsp3) is 0.471. The fourth-order valence-corrected chi connectivity index (χ4v) is 2.98. The Balaban J connectivity index is 0.00000208. The van der Waals surface area contributed by atoms with E-state index in [2.05, 4.69) is 5.10 Å². The SMILES string of the molecule is CC(C)Cn1nc(C(=O)N2CCC(N)C2)c2ccccc2c1=O.Cl. The van der Waals surface area contributed by atoms with Crippen LogP contribution in [0.4, 0.5) is 0 Å². The van der Waals surface area contributed by atoms with Crippen LogP contribution in [0.1, 0.15) is 30.8 Å². The molecule has 24 heavy (non-hydrogen) atoms. The standard InChI is InChI=1S/C17H22N4O2.ClH/c1-11(2)9-21-16(22)14-6-4-3-5-13(14)15(19-21)17(23)20-8-7-12(18)10-20;/h3-6,11-12H,7-10,18H2,1-2H3;1H. The molecule has 0 aliphatic carbocycles. The predicted octanol–water partition coefficient (Wildman–Crippen LogP) is 1.65. The maximum absolute atomic E-state index is 12.8. The number of hydrogen-bond acceptors (Lipinski definition) is 4. The number of nitrogens with two attached hydrogens (primary N) is 1. The summed E-state index contributed by atoms with van der Waals surface area (Å²) in [6, 6.07) is 7.19. The summed E-state index contributed by atoms with van der Waals surface area (Å²) in [4.78, 5) is 27.1. The molecule has 1 saturated heterocycles. The molecule has 1 unspecified atom stereocenters. The van der Waals surface area contributed by atoms with Gasteiger partial charge in [-0.05, 0) is 18.4 Å². The zero-order valence-electron chi connectivity index (χ0n) is 13.9. The van der Waals surface area contributed by atoms with Crippen molar-refractivity contribution in [1.29, 1.82) is 0 Å². The number of halogens is 1. The molecule has 7 heteroatoms. The second kappa shape index (κ2) is 7.32. The number of rotatable bonds is 3. The van der Waals surface area contributed by atoms with Crippen LogP contribution in [0, 0.1) is 5.92 Å². The average molecular weight is 351 g/mol. The highest BCUT2D eigenvalue weighted by Gasteiger charge is 2.27. The smallest absolute Gasteiger partial charge is 0.275 e. The minimum Gasteiger partial charge on any atom is -0.336 e. The van der Waals surface area contributed by atoms with E-state index in [9.17, 15) is 9.59 Å². The number of nitrogens with zero attached hydrogens (tertiary/aromatic N) is 3.